The van der Waals surface area contributed by atoms with Crippen molar-refractivity contribution in [2.45, 2.75) is 13.5 Å². The van der Waals surface area contributed by atoms with E-state index in [1.54, 1.807) is 37.4 Å². The SMILES string of the molecule is CCOc1cc(C#N)ccc1OCC(=O)N(C)Cc1ccc(F)cc1. The molecule has 0 saturated carbocycles. The Morgan fingerprint density at radius 2 is 1.88 bits per heavy atom. The second-order valence-electron chi connectivity index (χ2n) is 5.37. The van der Waals surface area contributed by atoms with Crippen molar-refractivity contribution in [2.75, 3.05) is 20.3 Å². The Kier molecular flexibility index (Phi) is 6.35. The summed E-state index contributed by atoms with van der Waals surface area (Å²) in [5.74, 6) is 0.293. The number of benzene rings is 2. The van der Waals surface area contributed by atoms with Crippen molar-refractivity contribution in [3.05, 3.63) is 59.4 Å². The third-order valence-corrected chi connectivity index (χ3v) is 3.48. The van der Waals surface area contributed by atoms with Crippen LogP contribution < -0.4 is 9.47 Å². The maximum Gasteiger partial charge on any atom is 0.260 e. The zero-order chi connectivity index (χ0) is 18.2. The molecule has 2 rings (SSSR count). The quantitative estimate of drug-likeness (QED) is 0.775. The molecule has 1 amide bonds. The van der Waals surface area contributed by atoms with Crippen LogP contribution in [0.1, 0.15) is 18.1 Å². The van der Waals surface area contributed by atoms with E-state index < -0.39 is 0 Å². The summed E-state index contributed by atoms with van der Waals surface area (Å²) in [5, 5.41) is 8.94. The Balaban J connectivity index is 1.97. The molecule has 0 spiro atoms. The average molecular weight is 342 g/mol. The molecule has 0 saturated heterocycles. The Bertz CT molecular complexity index is 769. The lowest BCUT2D eigenvalue weighted by Crippen LogP contribution is -2.31. The maximum atomic E-state index is 12.9. The van der Waals surface area contributed by atoms with Gasteiger partial charge in [0.2, 0.25) is 0 Å². The molecule has 0 unspecified atom stereocenters. The zero-order valence-corrected chi connectivity index (χ0v) is 14.2. The molecule has 5 nitrogen and oxygen atoms in total. The number of ether oxygens (including phenoxy) is 2. The lowest BCUT2D eigenvalue weighted by Gasteiger charge is -2.18. The van der Waals surface area contributed by atoms with Crippen LogP contribution in [0.5, 0.6) is 11.5 Å². The van der Waals surface area contributed by atoms with Crippen LogP contribution in [0.4, 0.5) is 4.39 Å². The third kappa shape index (κ3) is 5.21. The number of carbonyl (C=O) groups is 1. The van der Waals surface area contributed by atoms with Crippen LogP contribution >= 0.6 is 0 Å². The molecule has 0 aliphatic heterocycles. The summed E-state index contributed by atoms with van der Waals surface area (Å²) in [6.07, 6.45) is 0. The van der Waals surface area contributed by atoms with Gasteiger partial charge in [-0.1, -0.05) is 12.1 Å². The van der Waals surface area contributed by atoms with Gasteiger partial charge in [0.1, 0.15) is 5.82 Å². The summed E-state index contributed by atoms with van der Waals surface area (Å²) >= 11 is 0. The van der Waals surface area contributed by atoms with Crippen LogP contribution in [0.3, 0.4) is 0 Å². The predicted molar refractivity (Wildman–Crippen MR) is 90.7 cm³/mol. The Hall–Kier alpha value is -3.07. The second-order valence-corrected chi connectivity index (χ2v) is 5.37. The lowest BCUT2D eigenvalue weighted by molar-refractivity contribution is -0.132. The average Bonchev–Trinajstić information content (AvgIpc) is 2.62. The molecule has 0 aliphatic rings. The van der Waals surface area contributed by atoms with Gasteiger partial charge in [0.15, 0.2) is 18.1 Å². The molecule has 0 radical (unpaired) electrons. The molecular formula is C19H19FN2O3. The van der Waals surface area contributed by atoms with Gasteiger partial charge < -0.3 is 14.4 Å². The highest BCUT2D eigenvalue weighted by Gasteiger charge is 2.13. The van der Waals surface area contributed by atoms with Crippen LogP contribution in [-0.4, -0.2) is 31.1 Å². The van der Waals surface area contributed by atoms with Gasteiger partial charge >= 0.3 is 0 Å². The standard InChI is InChI=1S/C19H19FN2O3/c1-3-24-18-10-15(11-21)6-9-17(18)25-13-19(23)22(2)12-14-4-7-16(20)8-5-14/h4-10H,3,12-13H2,1-2H3. The molecule has 130 valence electrons. The molecule has 2 aromatic carbocycles. The minimum Gasteiger partial charge on any atom is -0.490 e. The fourth-order valence-electron chi connectivity index (χ4n) is 2.17. The Morgan fingerprint density at radius 1 is 1.16 bits per heavy atom. The smallest absolute Gasteiger partial charge is 0.260 e. The van der Waals surface area contributed by atoms with Gasteiger partial charge in [-0.25, -0.2) is 4.39 Å². The molecule has 0 heterocycles. The first-order valence-electron chi connectivity index (χ1n) is 7.81. The summed E-state index contributed by atoms with van der Waals surface area (Å²) in [6, 6.07) is 12.8. The van der Waals surface area contributed by atoms with E-state index in [1.807, 2.05) is 13.0 Å². The second kappa shape index (κ2) is 8.69. The first-order valence-corrected chi connectivity index (χ1v) is 7.81. The van der Waals surface area contributed by atoms with Crippen molar-refractivity contribution >= 4 is 5.91 Å². The highest BCUT2D eigenvalue weighted by Crippen LogP contribution is 2.28. The number of nitrogens with zero attached hydrogens (tertiary/aromatic N) is 2. The molecule has 0 fully saturated rings. The minimum atomic E-state index is -0.315. The van der Waals surface area contributed by atoms with Gasteiger partial charge in [-0.15, -0.1) is 0 Å². The normalized spacial score (nSPS) is 10.0. The summed E-state index contributed by atoms with van der Waals surface area (Å²) in [5.41, 5.74) is 1.28. The Labute approximate surface area is 146 Å². The van der Waals surface area contributed by atoms with Crippen LogP contribution in [0, 0.1) is 17.1 Å². The van der Waals surface area contributed by atoms with Crippen LogP contribution in [0.25, 0.3) is 0 Å². The molecule has 0 atom stereocenters. The highest BCUT2D eigenvalue weighted by atomic mass is 19.1. The van der Waals surface area contributed by atoms with E-state index in [2.05, 4.69) is 0 Å². The molecule has 0 aromatic heterocycles. The molecule has 2 aromatic rings. The third-order valence-electron chi connectivity index (χ3n) is 3.48. The highest BCUT2D eigenvalue weighted by molar-refractivity contribution is 5.77. The number of amides is 1. The molecule has 0 N–H and O–H groups in total. The van der Waals surface area contributed by atoms with Crippen molar-refractivity contribution in [1.82, 2.24) is 4.90 Å². The van der Waals surface area contributed by atoms with Gasteiger partial charge in [-0.3, -0.25) is 4.79 Å². The van der Waals surface area contributed by atoms with Crippen molar-refractivity contribution in [3.63, 3.8) is 0 Å². The van der Waals surface area contributed by atoms with Gasteiger partial charge in [-0.05, 0) is 36.8 Å². The topological polar surface area (TPSA) is 62.6 Å². The van der Waals surface area contributed by atoms with Crippen LogP contribution in [0.2, 0.25) is 0 Å². The van der Waals surface area contributed by atoms with E-state index in [0.29, 0.717) is 30.2 Å². The van der Waals surface area contributed by atoms with E-state index in [-0.39, 0.29) is 18.3 Å². The zero-order valence-electron chi connectivity index (χ0n) is 14.2. The fraction of sp³-hybridized carbons (Fsp3) is 0.263. The van der Waals surface area contributed by atoms with Gasteiger partial charge in [0, 0.05) is 19.7 Å². The fourth-order valence-corrected chi connectivity index (χ4v) is 2.17. The monoisotopic (exact) mass is 342 g/mol. The van der Waals surface area contributed by atoms with Crippen LogP contribution in [0.15, 0.2) is 42.5 Å². The molecular weight excluding hydrogens is 323 g/mol. The summed E-state index contributed by atoms with van der Waals surface area (Å²) in [7, 11) is 1.65. The summed E-state index contributed by atoms with van der Waals surface area (Å²) in [6.45, 7) is 2.44. The van der Waals surface area contributed by atoms with Crippen LogP contribution in [-0.2, 0) is 11.3 Å². The predicted octanol–water partition coefficient (Wildman–Crippen LogP) is 3.13. The molecule has 25 heavy (non-hydrogen) atoms. The number of halogens is 1. The van der Waals surface area contributed by atoms with Crippen molar-refractivity contribution < 1.29 is 18.7 Å². The number of hydrogen-bond donors (Lipinski definition) is 0. The number of rotatable bonds is 7. The molecule has 0 bridgehead atoms. The maximum absolute atomic E-state index is 12.9. The van der Waals surface area contributed by atoms with Crippen molar-refractivity contribution in [1.29, 1.82) is 5.26 Å². The van der Waals surface area contributed by atoms with E-state index >= 15 is 0 Å². The minimum absolute atomic E-state index is 0.163. The Morgan fingerprint density at radius 3 is 2.52 bits per heavy atom. The number of likely N-dealkylation sites (N-methyl/N-ethyl adjacent to an activating group) is 1. The lowest BCUT2D eigenvalue weighted by atomic mass is 10.2. The van der Waals surface area contributed by atoms with E-state index in [4.69, 9.17) is 14.7 Å². The summed E-state index contributed by atoms with van der Waals surface area (Å²) < 4.78 is 23.9. The number of hydrogen-bond acceptors (Lipinski definition) is 4. The number of carbonyl (C=O) groups excluding carboxylic acids is 1. The largest absolute Gasteiger partial charge is 0.490 e. The first kappa shape index (κ1) is 18.3. The van der Waals surface area contributed by atoms with Gasteiger partial charge in [0.25, 0.3) is 5.91 Å². The van der Waals surface area contributed by atoms with Gasteiger partial charge in [0.05, 0.1) is 18.2 Å². The van der Waals surface area contributed by atoms with Crippen molar-refractivity contribution in [2.24, 2.45) is 0 Å². The van der Waals surface area contributed by atoms with E-state index in [1.165, 1.54) is 17.0 Å². The van der Waals surface area contributed by atoms with Gasteiger partial charge in [-0.2, -0.15) is 5.26 Å². The van der Waals surface area contributed by atoms with E-state index in [9.17, 15) is 9.18 Å². The first-order chi connectivity index (χ1) is 12.0. The molecule has 6 heteroatoms. The van der Waals surface area contributed by atoms with E-state index in [0.717, 1.165) is 5.56 Å². The van der Waals surface area contributed by atoms with Crippen molar-refractivity contribution in [3.8, 4) is 17.6 Å². The molecule has 0 aliphatic carbocycles. The number of nitriles is 1. The summed E-state index contributed by atoms with van der Waals surface area (Å²) in [4.78, 5) is 13.7.